The summed E-state index contributed by atoms with van der Waals surface area (Å²) in [6, 6.07) is 7.70. The van der Waals surface area contributed by atoms with E-state index in [0.29, 0.717) is 46.8 Å². The summed E-state index contributed by atoms with van der Waals surface area (Å²) < 4.78 is 42.9. The highest BCUT2D eigenvalue weighted by Gasteiger charge is 2.24. The molecule has 0 unspecified atom stereocenters. The number of rotatable bonds is 5. The average molecular weight is 477 g/mol. The van der Waals surface area contributed by atoms with Gasteiger partial charge in [-0.3, -0.25) is 4.98 Å². The van der Waals surface area contributed by atoms with Gasteiger partial charge in [0.15, 0.2) is 0 Å². The van der Waals surface area contributed by atoms with Crippen LogP contribution >= 0.6 is 0 Å². The zero-order chi connectivity index (χ0) is 24.5. The fourth-order valence-corrected chi connectivity index (χ4v) is 4.52. The van der Waals surface area contributed by atoms with Crippen LogP contribution in [0.25, 0.3) is 33.5 Å². The molecule has 3 heterocycles. The van der Waals surface area contributed by atoms with Crippen molar-refractivity contribution in [1.29, 1.82) is 5.26 Å². The minimum atomic E-state index is -0.932. The molecule has 2 aromatic carbocycles. The van der Waals surface area contributed by atoms with E-state index >= 15 is 0 Å². The van der Waals surface area contributed by atoms with E-state index in [9.17, 15) is 13.2 Å². The fraction of sp³-hybridized carbons (Fsp3) is 0.280. The predicted octanol–water partition coefficient (Wildman–Crippen LogP) is 4.56. The number of halogens is 3. The number of nitrogens with one attached hydrogen (secondary N) is 1. The average Bonchev–Trinajstić information content (AvgIpc) is 3.36. The molecule has 7 nitrogen and oxygen atoms in total. The maximum Gasteiger partial charge on any atom is 0.147 e. The summed E-state index contributed by atoms with van der Waals surface area (Å²) in [5.74, 6) is -0.126. The van der Waals surface area contributed by atoms with Crippen LogP contribution in [0.15, 0.2) is 36.8 Å². The van der Waals surface area contributed by atoms with Crippen LogP contribution in [0, 0.1) is 17.1 Å². The van der Waals surface area contributed by atoms with Crippen molar-refractivity contribution < 1.29 is 13.2 Å². The summed E-state index contributed by atoms with van der Waals surface area (Å²) in [4.78, 5) is 18.5. The maximum atomic E-state index is 14.6. The lowest BCUT2D eigenvalue weighted by molar-refractivity contribution is 0.457. The molecule has 1 aliphatic heterocycles. The molecule has 1 aliphatic rings. The number of H-pyrrole nitrogens is 1. The monoisotopic (exact) mass is 477 g/mol. The van der Waals surface area contributed by atoms with E-state index in [1.54, 1.807) is 24.4 Å². The Morgan fingerprint density at radius 1 is 1.09 bits per heavy atom. The van der Waals surface area contributed by atoms with Crippen LogP contribution in [0.5, 0.6) is 0 Å². The van der Waals surface area contributed by atoms with Gasteiger partial charge in [-0.25, -0.2) is 23.1 Å². The number of nitriles is 1. The van der Waals surface area contributed by atoms with Crippen LogP contribution in [0.1, 0.15) is 29.5 Å². The van der Waals surface area contributed by atoms with Gasteiger partial charge in [-0.1, -0.05) is 6.07 Å². The Labute approximate surface area is 199 Å². The third kappa shape index (κ3) is 4.08. The largest absolute Gasteiger partial charge is 0.355 e. The Kier molecular flexibility index (Phi) is 6.09. The number of hydrogen-bond donors (Lipinski definition) is 2. The van der Waals surface area contributed by atoms with E-state index in [-0.39, 0.29) is 28.4 Å². The van der Waals surface area contributed by atoms with Gasteiger partial charge in [0.25, 0.3) is 0 Å². The van der Waals surface area contributed by atoms with Crippen molar-refractivity contribution in [3.05, 3.63) is 59.3 Å². The first-order valence-electron chi connectivity index (χ1n) is 11.2. The molecule has 0 spiro atoms. The van der Waals surface area contributed by atoms with Crippen molar-refractivity contribution in [2.75, 3.05) is 18.0 Å². The summed E-state index contributed by atoms with van der Waals surface area (Å²) in [6.45, 7) is -0.445. The first-order chi connectivity index (χ1) is 17.0. The summed E-state index contributed by atoms with van der Waals surface area (Å²) >= 11 is 0. The Hall–Kier alpha value is -3.97. The van der Waals surface area contributed by atoms with E-state index in [1.165, 1.54) is 18.5 Å². The van der Waals surface area contributed by atoms with Crippen LogP contribution in [-0.2, 0) is 13.3 Å². The number of imidazole rings is 1. The third-order valence-corrected chi connectivity index (χ3v) is 6.45. The molecule has 178 valence electrons. The summed E-state index contributed by atoms with van der Waals surface area (Å²) in [5.41, 5.74) is 8.37. The zero-order valence-electron chi connectivity index (χ0n) is 18.7. The number of fused-ring (bicyclic) bond motifs is 1. The number of hydrogen-bond acceptors (Lipinski definition) is 6. The SMILES string of the molecule is N#Cc1ccc(-c2nc(N3CCC(N)CC3)cnc2-c2cc3nc[nH]c3c(CF)c2CF)cc1F. The molecular weight excluding hydrogens is 455 g/mol. The molecule has 1 saturated heterocycles. The second kappa shape index (κ2) is 9.35. The molecule has 0 bridgehead atoms. The van der Waals surface area contributed by atoms with E-state index in [0.717, 1.165) is 12.8 Å². The third-order valence-electron chi connectivity index (χ3n) is 6.45. The van der Waals surface area contributed by atoms with E-state index in [4.69, 9.17) is 16.0 Å². The lowest BCUT2D eigenvalue weighted by atomic mass is 9.95. The van der Waals surface area contributed by atoms with Crippen molar-refractivity contribution in [3.63, 3.8) is 0 Å². The van der Waals surface area contributed by atoms with E-state index < -0.39 is 19.2 Å². The lowest BCUT2D eigenvalue weighted by Crippen LogP contribution is -2.40. The Morgan fingerprint density at radius 3 is 2.54 bits per heavy atom. The molecule has 4 aromatic rings. The van der Waals surface area contributed by atoms with Gasteiger partial charge >= 0.3 is 0 Å². The van der Waals surface area contributed by atoms with Gasteiger partial charge in [0.1, 0.15) is 31.1 Å². The Balaban J connectivity index is 1.73. The standard InChI is InChI=1S/C25H22F3N7/c26-9-18-17(8-21-24(19(18)10-27)33-13-32-21)25-23(14-1-2-15(11-29)20(28)7-14)34-22(12-31-25)35-5-3-16(30)4-6-35/h1-2,7-8,12-13,16H,3-6,9-10,30H2,(H,32,33). The van der Waals surface area contributed by atoms with Crippen LogP contribution in [0.3, 0.4) is 0 Å². The second-order valence-electron chi connectivity index (χ2n) is 8.50. The molecule has 35 heavy (non-hydrogen) atoms. The number of aromatic amines is 1. The topological polar surface area (TPSA) is 108 Å². The van der Waals surface area contributed by atoms with Gasteiger partial charge in [0.05, 0.1) is 40.5 Å². The van der Waals surface area contributed by atoms with Gasteiger partial charge in [-0.05, 0) is 31.0 Å². The maximum absolute atomic E-state index is 14.6. The van der Waals surface area contributed by atoms with Crippen molar-refractivity contribution in [1.82, 2.24) is 19.9 Å². The highest BCUT2D eigenvalue weighted by molar-refractivity contribution is 5.90. The summed E-state index contributed by atoms with van der Waals surface area (Å²) in [5, 5.41) is 9.13. The summed E-state index contributed by atoms with van der Waals surface area (Å²) in [6.07, 6.45) is 4.60. The number of anilines is 1. The number of aromatic nitrogens is 4. The van der Waals surface area contributed by atoms with Crippen molar-refractivity contribution in [3.8, 4) is 28.6 Å². The minimum absolute atomic E-state index is 0.105. The first kappa shape index (κ1) is 22.8. The predicted molar refractivity (Wildman–Crippen MR) is 126 cm³/mol. The van der Waals surface area contributed by atoms with Crippen molar-refractivity contribution in [2.45, 2.75) is 32.2 Å². The van der Waals surface area contributed by atoms with Crippen LogP contribution in [0.2, 0.25) is 0 Å². The molecule has 1 fully saturated rings. The van der Waals surface area contributed by atoms with Crippen molar-refractivity contribution >= 4 is 16.9 Å². The molecular formula is C25H22F3N7. The Bertz CT molecular complexity index is 1440. The number of piperidine rings is 1. The van der Waals surface area contributed by atoms with Crippen LogP contribution in [0.4, 0.5) is 19.0 Å². The second-order valence-corrected chi connectivity index (χ2v) is 8.50. The zero-order valence-corrected chi connectivity index (χ0v) is 18.7. The molecule has 5 rings (SSSR count). The molecule has 0 atom stereocenters. The van der Waals surface area contributed by atoms with E-state index in [1.807, 2.05) is 4.90 Å². The summed E-state index contributed by atoms with van der Waals surface area (Å²) in [7, 11) is 0. The molecule has 0 amide bonds. The fourth-order valence-electron chi connectivity index (χ4n) is 4.52. The van der Waals surface area contributed by atoms with Gasteiger partial charge in [0, 0.05) is 41.4 Å². The number of benzene rings is 2. The molecule has 3 N–H and O–H groups in total. The number of nitrogens with zero attached hydrogens (tertiary/aromatic N) is 5. The number of nitrogens with two attached hydrogens (primary N) is 1. The highest BCUT2D eigenvalue weighted by Crippen LogP contribution is 2.37. The van der Waals surface area contributed by atoms with Crippen molar-refractivity contribution in [2.24, 2.45) is 5.73 Å². The molecule has 0 aliphatic carbocycles. The van der Waals surface area contributed by atoms with Crippen LogP contribution < -0.4 is 10.6 Å². The lowest BCUT2D eigenvalue weighted by Gasteiger charge is -2.31. The molecule has 10 heteroatoms. The first-order valence-corrected chi connectivity index (χ1v) is 11.2. The smallest absolute Gasteiger partial charge is 0.147 e. The molecule has 0 radical (unpaired) electrons. The number of alkyl halides is 2. The Morgan fingerprint density at radius 2 is 1.86 bits per heavy atom. The van der Waals surface area contributed by atoms with Gasteiger partial charge in [-0.15, -0.1) is 0 Å². The van der Waals surface area contributed by atoms with Gasteiger partial charge < -0.3 is 15.6 Å². The molecule has 0 saturated carbocycles. The molecule has 2 aromatic heterocycles. The van der Waals surface area contributed by atoms with E-state index in [2.05, 4.69) is 15.0 Å². The van der Waals surface area contributed by atoms with Crippen LogP contribution in [-0.4, -0.2) is 39.1 Å². The quantitative estimate of drug-likeness (QED) is 0.436. The van der Waals surface area contributed by atoms with Gasteiger partial charge in [0.2, 0.25) is 0 Å². The normalized spacial score (nSPS) is 14.4. The minimum Gasteiger partial charge on any atom is -0.355 e. The van der Waals surface area contributed by atoms with Gasteiger partial charge in [-0.2, -0.15) is 5.26 Å². The highest BCUT2D eigenvalue weighted by atomic mass is 19.1.